The van der Waals surface area contributed by atoms with Gasteiger partial charge in [0.25, 0.3) is 0 Å². The van der Waals surface area contributed by atoms with Crippen LogP contribution in [-0.4, -0.2) is 14.7 Å². The Kier molecular flexibility index (Phi) is 4.21. The molecular formula is C12H18ClSi. The normalized spacial score (nSPS) is 12.1. The van der Waals surface area contributed by atoms with Crippen LogP contribution in [0.1, 0.15) is 20.8 Å². The predicted molar refractivity (Wildman–Crippen MR) is 67.1 cm³/mol. The Morgan fingerprint density at radius 3 is 2.14 bits per heavy atom. The third-order valence-corrected chi connectivity index (χ3v) is 6.47. The van der Waals surface area contributed by atoms with Crippen molar-refractivity contribution in [1.29, 1.82) is 0 Å². The minimum absolute atomic E-state index is 0.390. The summed E-state index contributed by atoms with van der Waals surface area (Å²) < 4.78 is 0. The van der Waals surface area contributed by atoms with E-state index in [-0.39, 0.29) is 0 Å². The molecule has 0 unspecified atom stereocenters. The summed E-state index contributed by atoms with van der Waals surface area (Å²) in [5.74, 6) is 0.778. The minimum atomic E-state index is -0.521. The Balaban J connectivity index is 2.89. The van der Waals surface area contributed by atoms with Crippen LogP contribution in [0.4, 0.5) is 0 Å². The van der Waals surface area contributed by atoms with Gasteiger partial charge >= 0.3 is 0 Å². The molecule has 0 amide bonds. The maximum absolute atomic E-state index is 5.88. The lowest BCUT2D eigenvalue weighted by Gasteiger charge is -2.28. The number of hydrogen-bond acceptors (Lipinski definition) is 0. The molecule has 1 rings (SSSR count). The fraction of sp³-hybridized carbons (Fsp3) is 0.500. The van der Waals surface area contributed by atoms with Crippen LogP contribution in [0.2, 0.25) is 11.1 Å². The lowest BCUT2D eigenvalue weighted by molar-refractivity contribution is 0.740. The molecule has 77 valence electrons. The first kappa shape index (κ1) is 11.8. The van der Waals surface area contributed by atoms with Crippen molar-refractivity contribution in [3.8, 4) is 0 Å². The van der Waals surface area contributed by atoms with Crippen molar-refractivity contribution < 1.29 is 0 Å². The van der Waals surface area contributed by atoms with Crippen LogP contribution in [0.5, 0.6) is 0 Å². The summed E-state index contributed by atoms with van der Waals surface area (Å²) in [5, 5.41) is 1.90. The molecule has 14 heavy (non-hydrogen) atoms. The zero-order valence-corrected chi connectivity index (χ0v) is 10.9. The molecule has 0 aliphatic rings. The Labute approximate surface area is 93.9 Å². The molecule has 0 fully saturated rings. The molecule has 1 aromatic rings. The van der Waals surface area contributed by atoms with E-state index in [0.29, 0.717) is 5.04 Å². The first-order chi connectivity index (χ1) is 6.55. The van der Waals surface area contributed by atoms with Crippen molar-refractivity contribution in [3.63, 3.8) is 0 Å². The van der Waals surface area contributed by atoms with E-state index in [9.17, 15) is 0 Å². The summed E-state index contributed by atoms with van der Waals surface area (Å²) >= 11 is 5.88. The second-order valence-corrected chi connectivity index (χ2v) is 8.45. The van der Waals surface area contributed by atoms with Gasteiger partial charge in [0, 0.05) is 5.88 Å². The summed E-state index contributed by atoms with van der Waals surface area (Å²) in [6.45, 7) is 6.96. The van der Waals surface area contributed by atoms with E-state index in [2.05, 4.69) is 51.1 Å². The molecule has 0 spiro atoms. The highest BCUT2D eigenvalue weighted by molar-refractivity contribution is 6.76. The SMILES string of the molecule is CC(C)(C)[Si](CCCl)c1ccccc1. The average Bonchev–Trinajstić information content (AvgIpc) is 2.14. The topological polar surface area (TPSA) is 0 Å². The maximum Gasteiger partial charge on any atom is 0.0925 e. The van der Waals surface area contributed by atoms with Gasteiger partial charge in [-0.15, -0.1) is 11.6 Å². The number of rotatable bonds is 3. The van der Waals surface area contributed by atoms with E-state index in [1.54, 1.807) is 0 Å². The van der Waals surface area contributed by atoms with Crippen LogP contribution in [-0.2, 0) is 0 Å². The van der Waals surface area contributed by atoms with E-state index in [1.807, 2.05) is 0 Å². The Morgan fingerprint density at radius 2 is 1.71 bits per heavy atom. The van der Waals surface area contributed by atoms with Gasteiger partial charge in [0.05, 0.1) is 8.80 Å². The quantitative estimate of drug-likeness (QED) is 0.546. The van der Waals surface area contributed by atoms with Gasteiger partial charge in [0.1, 0.15) is 0 Å². The highest BCUT2D eigenvalue weighted by Gasteiger charge is 2.27. The minimum Gasteiger partial charge on any atom is -0.127 e. The molecule has 0 aliphatic heterocycles. The van der Waals surface area contributed by atoms with Crippen molar-refractivity contribution >= 4 is 25.6 Å². The van der Waals surface area contributed by atoms with E-state index in [4.69, 9.17) is 11.6 Å². The highest BCUT2D eigenvalue weighted by Crippen LogP contribution is 2.29. The van der Waals surface area contributed by atoms with Crippen LogP contribution >= 0.6 is 11.6 Å². The van der Waals surface area contributed by atoms with E-state index >= 15 is 0 Å². The number of halogens is 1. The highest BCUT2D eigenvalue weighted by atomic mass is 35.5. The van der Waals surface area contributed by atoms with Crippen LogP contribution in [0.15, 0.2) is 30.3 Å². The maximum atomic E-state index is 5.88. The molecule has 0 N–H and O–H groups in total. The van der Waals surface area contributed by atoms with Gasteiger partial charge in [-0.05, 0) is 11.1 Å². The summed E-state index contributed by atoms with van der Waals surface area (Å²) in [7, 11) is -0.521. The molecule has 1 radical (unpaired) electrons. The van der Waals surface area contributed by atoms with Gasteiger partial charge in [-0.1, -0.05) is 56.3 Å². The van der Waals surface area contributed by atoms with Gasteiger partial charge < -0.3 is 0 Å². The van der Waals surface area contributed by atoms with Crippen LogP contribution < -0.4 is 5.19 Å². The Hall–Kier alpha value is -0.273. The molecule has 2 heteroatoms. The van der Waals surface area contributed by atoms with Gasteiger partial charge in [0.2, 0.25) is 0 Å². The molecular weight excluding hydrogens is 208 g/mol. The zero-order chi connectivity index (χ0) is 10.6. The predicted octanol–water partition coefficient (Wildman–Crippen LogP) is 3.43. The molecule has 0 saturated carbocycles. The van der Waals surface area contributed by atoms with Crippen molar-refractivity contribution in [2.24, 2.45) is 0 Å². The van der Waals surface area contributed by atoms with Gasteiger partial charge in [-0.25, -0.2) is 0 Å². The van der Waals surface area contributed by atoms with E-state index in [1.165, 1.54) is 5.19 Å². The Bertz CT molecular complexity index is 263. The summed E-state index contributed by atoms with van der Waals surface area (Å²) in [6.07, 6.45) is 0. The van der Waals surface area contributed by atoms with Crippen molar-refractivity contribution in [2.45, 2.75) is 31.9 Å². The van der Waals surface area contributed by atoms with E-state index < -0.39 is 8.80 Å². The zero-order valence-electron chi connectivity index (χ0n) is 9.18. The van der Waals surface area contributed by atoms with Gasteiger partial charge in [0.15, 0.2) is 0 Å². The molecule has 0 heterocycles. The molecule has 0 nitrogen and oxygen atoms in total. The lowest BCUT2D eigenvalue weighted by Crippen LogP contribution is -2.38. The molecule has 1 aromatic carbocycles. The summed E-state index contributed by atoms with van der Waals surface area (Å²) in [6, 6.07) is 12.0. The van der Waals surface area contributed by atoms with E-state index in [0.717, 1.165) is 11.9 Å². The monoisotopic (exact) mass is 225 g/mol. The molecule has 0 bridgehead atoms. The first-order valence-electron chi connectivity index (χ1n) is 5.03. The summed E-state index contributed by atoms with van der Waals surface area (Å²) in [5.41, 5.74) is 0. The van der Waals surface area contributed by atoms with Crippen molar-refractivity contribution in [1.82, 2.24) is 0 Å². The van der Waals surface area contributed by atoms with Crippen LogP contribution in [0.25, 0.3) is 0 Å². The lowest BCUT2D eigenvalue weighted by atomic mass is 10.2. The second kappa shape index (κ2) is 4.99. The van der Waals surface area contributed by atoms with Crippen molar-refractivity contribution in [2.75, 3.05) is 5.88 Å². The van der Waals surface area contributed by atoms with Crippen LogP contribution in [0.3, 0.4) is 0 Å². The van der Waals surface area contributed by atoms with Gasteiger partial charge in [-0.2, -0.15) is 0 Å². The molecule has 0 saturated heterocycles. The number of hydrogen-bond donors (Lipinski definition) is 0. The Morgan fingerprint density at radius 1 is 1.14 bits per heavy atom. The average molecular weight is 226 g/mol. The molecule has 0 aliphatic carbocycles. The smallest absolute Gasteiger partial charge is 0.0925 e. The third-order valence-electron chi connectivity index (χ3n) is 2.37. The first-order valence-corrected chi connectivity index (χ1v) is 7.27. The fourth-order valence-corrected chi connectivity index (χ4v) is 4.94. The fourth-order valence-electron chi connectivity index (χ4n) is 1.69. The molecule has 0 aromatic heterocycles. The molecule has 0 atom stereocenters. The second-order valence-electron chi connectivity index (χ2n) is 4.53. The third kappa shape index (κ3) is 3.14. The van der Waals surface area contributed by atoms with Crippen molar-refractivity contribution in [3.05, 3.63) is 30.3 Å². The van der Waals surface area contributed by atoms with Crippen LogP contribution in [0, 0.1) is 0 Å². The number of alkyl halides is 1. The number of benzene rings is 1. The standard InChI is InChI=1S/C12H18ClSi/c1-12(2,3)14(10-9-13)11-7-5-4-6-8-11/h4-8H,9-10H2,1-3H3. The largest absolute Gasteiger partial charge is 0.127 e. The summed E-state index contributed by atoms with van der Waals surface area (Å²) in [4.78, 5) is 0. The van der Waals surface area contributed by atoms with Gasteiger partial charge in [-0.3, -0.25) is 0 Å².